The Kier molecular flexibility index (Phi) is 2.18. The Labute approximate surface area is 100 Å². The number of amides is 2. The van der Waals surface area contributed by atoms with Gasteiger partial charge in [0.25, 0.3) is 0 Å². The molecule has 0 unspecified atom stereocenters. The van der Waals surface area contributed by atoms with Gasteiger partial charge in [0.2, 0.25) is 0 Å². The molecule has 1 heterocycles. The van der Waals surface area contributed by atoms with Gasteiger partial charge < -0.3 is 10.6 Å². The van der Waals surface area contributed by atoms with E-state index < -0.39 is 0 Å². The molecule has 1 spiro atoms. The molecular weight excluding hydrogens is 214 g/mol. The minimum absolute atomic E-state index is 0.189. The summed E-state index contributed by atoms with van der Waals surface area (Å²) in [5.74, 6) is 0.504. The van der Waals surface area contributed by atoms with E-state index in [0.29, 0.717) is 12.4 Å². The van der Waals surface area contributed by atoms with E-state index in [0.717, 1.165) is 24.8 Å². The van der Waals surface area contributed by atoms with E-state index in [9.17, 15) is 4.79 Å². The first-order chi connectivity index (χ1) is 8.22. The molecule has 1 fully saturated rings. The van der Waals surface area contributed by atoms with Crippen molar-refractivity contribution in [2.24, 2.45) is 10.7 Å². The second kappa shape index (κ2) is 3.58. The standard InChI is InChI=1S/C13H15N3O/c14-11-13(7-4-8-13)16(12(17)15-11)9-10-5-2-1-3-6-10/h1-3,5-6H,4,7-9H2,(H2,14,15,17). The summed E-state index contributed by atoms with van der Waals surface area (Å²) in [6.07, 6.45) is 3.01. The third kappa shape index (κ3) is 1.44. The van der Waals surface area contributed by atoms with Crippen molar-refractivity contribution in [2.45, 2.75) is 31.3 Å². The zero-order valence-electron chi connectivity index (χ0n) is 9.60. The number of carbonyl (C=O) groups is 1. The van der Waals surface area contributed by atoms with Gasteiger partial charge in [0, 0.05) is 6.54 Å². The van der Waals surface area contributed by atoms with Crippen LogP contribution in [0.15, 0.2) is 35.3 Å². The third-order valence-corrected chi connectivity index (χ3v) is 3.80. The lowest BCUT2D eigenvalue weighted by molar-refractivity contribution is 0.111. The van der Waals surface area contributed by atoms with Crippen LogP contribution in [0.2, 0.25) is 0 Å². The Balaban J connectivity index is 1.86. The van der Waals surface area contributed by atoms with E-state index in [-0.39, 0.29) is 11.6 Å². The molecule has 1 aliphatic heterocycles. The van der Waals surface area contributed by atoms with Crippen molar-refractivity contribution in [3.8, 4) is 0 Å². The van der Waals surface area contributed by atoms with Gasteiger partial charge in [-0.25, -0.2) is 4.79 Å². The third-order valence-electron chi connectivity index (χ3n) is 3.80. The number of aliphatic imine (C=N–C) groups is 1. The molecule has 4 nitrogen and oxygen atoms in total. The van der Waals surface area contributed by atoms with Gasteiger partial charge in [0.05, 0.1) is 0 Å². The zero-order chi connectivity index (χ0) is 11.9. The van der Waals surface area contributed by atoms with Crippen LogP contribution in [-0.2, 0) is 6.54 Å². The van der Waals surface area contributed by atoms with Crippen molar-refractivity contribution in [1.82, 2.24) is 4.90 Å². The average molecular weight is 229 g/mol. The highest BCUT2D eigenvalue weighted by molar-refractivity contribution is 6.06. The van der Waals surface area contributed by atoms with Gasteiger partial charge in [-0.3, -0.25) is 0 Å². The van der Waals surface area contributed by atoms with E-state index >= 15 is 0 Å². The van der Waals surface area contributed by atoms with Crippen molar-refractivity contribution in [3.05, 3.63) is 35.9 Å². The van der Waals surface area contributed by atoms with Gasteiger partial charge in [0.1, 0.15) is 11.4 Å². The SMILES string of the molecule is NC1=NC(=O)N(Cc2ccccc2)C12CCC2. The molecular formula is C13H15N3O. The number of hydrogen-bond acceptors (Lipinski definition) is 2. The van der Waals surface area contributed by atoms with E-state index in [1.54, 1.807) is 0 Å². The minimum atomic E-state index is -0.271. The molecule has 4 heteroatoms. The topological polar surface area (TPSA) is 58.7 Å². The molecule has 0 atom stereocenters. The molecule has 2 aliphatic rings. The van der Waals surface area contributed by atoms with E-state index in [4.69, 9.17) is 5.73 Å². The fourth-order valence-electron chi connectivity index (χ4n) is 2.61. The quantitative estimate of drug-likeness (QED) is 0.842. The summed E-state index contributed by atoms with van der Waals surface area (Å²) < 4.78 is 0. The lowest BCUT2D eigenvalue weighted by Crippen LogP contribution is -2.58. The number of hydrogen-bond donors (Lipinski definition) is 1. The first-order valence-corrected chi connectivity index (χ1v) is 5.92. The number of nitrogens with two attached hydrogens (primary N) is 1. The summed E-state index contributed by atoms with van der Waals surface area (Å²) in [6, 6.07) is 9.79. The molecule has 1 saturated carbocycles. The summed E-state index contributed by atoms with van der Waals surface area (Å²) >= 11 is 0. The summed E-state index contributed by atoms with van der Waals surface area (Å²) in [5.41, 5.74) is 6.75. The van der Waals surface area contributed by atoms with Gasteiger partial charge in [-0.1, -0.05) is 30.3 Å². The van der Waals surface area contributed by atoms with Crippen LogP contribution in [-0.4, -0.2) is 22.3 Å². The number of rotatable bonds is 2. The minimum Gasteiger partial charge on any atom is -0.385 e. The van der Waals surface area contributed by atoms with Crippen LogP contribution in [0.1, 0.15) is 24.8 Å². The van der Waals surface area contributed by atoms with Crippen molar-refractivity contribution >= 4 is 11.9 Å². The Morgan fingerprint density at radius 1 is 1.29 bits per heavy atom. The number of nitrogens with zero attached hydrogens (tertiary/aromatic N) is 2. The summed E-state index contributed by atoms with van der Waals surface area (Å²) in [6.45, 7) is 0.601. The fourth-order valence-corrected chi connectivity index (χ4v) is 2.61. The number of amidine groups is 1. The zero-order valence-corrected chi connectivity index (χ0v) is 9.60. The molecule has 0 bridgehead atoms. The van der Waals surface area contributed by atoms with Crippen LogP contribution in [0.3, 0.4) is 0 Å². The van der Waals surface area contributed by atoms with Crippen molar-refractivity contribution in [3.63, 3.8) is 0 Å². The lowest BCUT2D eigenvalue weighted by atomic mass is 9.75. The highest BCUT2D eigenvalue weighted by Gasteiger charge is 2.52. The van der Waals surface area contributed by atoms with Gasteiger partial charge in [-0.2, -0.15) is 4.99 Å². The molecule has 0 aromatic heterocycles. The highest BCUT2D eigenvalue weighted by Crippen LogP contribution is 2.42. The molecule has 2 amide bonds. The molecule has 1 aromatic rings. The molecule has 1 aromatic carbocycles. The Morgan fingerprint density at radius 2 is 2.00 bits per heavy atom. The van der Waals surface area contributed by atoms with Gasteiger partial charge in [-0.15, -0.1) is 0 Å². The van der Waals surface area contributed by atoms with Crippen LogP contribution in [0.25, 0.3) is 0 Å². The predicted octanol–water partition coefficient (Wildman–Crippen LogP) is 1.90. The van der Waals surface area contributed by atoms with Crippen LogP contribution < -0.4 is 5.73 Å². The van der Waals surface area contributed by atoms with E-state index in [2.05, 4.69) is 4.99 Å². The van der Waals surface area contributed by atoms with Crippen molar-refractivity contribution in [1.29, 1.82) is 0 Å². The van der Waals surface area contributed by atoms with Crippen LogP contribution in [0.4, 0.5) is 4.79 Å². The maximum absolute atomic E-state index is 11.9. The lowest BCUT2D eigenvalue weighted by Gasteiger charge is -2.44. The monoisotopic (exact) mass is 229 g/mol. The molecule has 88 valence electrons. The molecule has 0 radical (unpaired) electrons. The summed E-state index contributed by atoms with van der Waals surface area (Å²) in [4.78, 5) is 17.6. The van der Waals surface area contributed by atoms with Gasteiger partial charge >= 0.3 is 6.03 Å². The molecule has 17 heavy (non-hydrogen) atoms. The smallest absolute Gasteiger partial charge is 0.346 e. The molecule has 2 N–H and O–H groups in total. The van der Waals surface area contributed by atoms with Crippen molar-refractivity contribution in [2.75, 3.05) is 0 Å². The maximum atomic E-state index is 11.9. The largest absolute Gasteiger partial charge is 0.385 e. The molecule has 1 aliphatic carbocycles. The first kappa shape index (κ1) is 10.3. The average Bonchev–Trinajstić information content (AvgIpc) is 2.51. The number of benzene rings is 1. The molecule has 0 saturated heterocycles. The molecule has 3 rings (SSSR count). The summed E-state index contributed by atoms with van der Waals surface area (Å²) in [5, 5.41) is 0. The maximum Gasteiger partial charge on any atom is 0.346 e. The Morgan fingerprint density at radius 3 is 2.59 bits per heavy atom. The van der Waals surface area contributed by atoms with Gasteiger partial charge in [-0.05, 0) is 24.8 Å². The van der Waals surface area contributed by atoms with E-state index in [1.807, 2.05) is 35.2 Å². The Bertz CT molecular complexity index is 477. The number of carbonyl (C=O) groups excluding carboxylic acids is 1. The first-order valence-electron chi connectivity index (χ1n) is 5.92. The van der Waals surface area contributed by atoms with Crippen LogP contribution in [0.5, 0.6) is 0 Å². The second-order valence-corrected chi connectivity index (χ2v) is 4.74. The van der Waals surface area contributed by atoms with Crippen LogP contribution >= 0.6 is 0 Å². The fraction of sp³-hybridized carbons (Fsp3) is 0.385. The van der Waals surface area contributed by atoms with Gasteiger partial charge in [0.15, 0.2) is 0 Å². The van der Waals surface area contributed by atoms with Crippen molar-refractivity contribution < 1.29 is 4.79 Å². The predicted molar refractivity (Wildman–Crippen MR) is 65.6 cm³/mol. The highest BCUT2D eigenvalue weighted by atomic mass is 16.2. The number of urea groups is 1. The van der Waals surface area contributed by atoms with E-state index in [1.165, 1.54) is 0 Å². The van der Waals surface area contributed by atoms with Crippen LogP contribution in [0, 0.1) is 0 Å². The summed E-state index contributed by atoms with van der Waals surface area (Å²) in [7, 11) is 0. The Hall–Kier alpha value is -1.84. The second-order valence-electron chi connectivity index (χ2n) is 4.74. The normalized spacial score (nSPS) is 21.5.